The largest absolute Gasteiger partial charge is 0.366 e. The molecule has 1 saturated carbocycles. The highest BCUT2D eigenvalue weighted by Crippen LogP contribution is 2.31. The van der Waals surface area contributed by atoms with Gasteiger partial charge in [-0.15, -0.1) is 11.3 Å². The predicted octanol–water partition coefficient (Wildman–Crippen LogP) is 5.46. The summed E-state index contributed by atoms with van der Waals surface area (Å²) in [7, 11) is 0. The minimum absolute atomic E-state index is 0.147. The van der Waals surface area contributed by atoms with Crippen molar-refractivity contribution in [3.63, 3.8) is 0 Å². The molecule has 0 saturated heterocycles. The first-order valence-corrected chi connectivity index (χ1v) is 11.7. The number of nitrogens with zero attached hydrogens (tertiary/aromatic N) is 3. The number of carbonyl (C=O) groups is 1. The van der Waals surface area contributed by atoms with Gasteiger partial charge in [0, 0.05) is 36.3 Å². The van der Waals surface area contributed by atoms with Gasteiger partial charge in [0.15, 0.2) is 5.82 Å². The molecule has 156 valence electrons. The Kier molecular flexibility index (Phi) is 5.71. The number of ketones is 1. The third kappa shape index (κ3) is 4.64. The highest BCUT2D eigenvalue weighted by molar-refractivity contribution is 7.17. The van der Waals surface area contributed by atoms with E-state index in [2.05, 4.69) is 15.7 Å². The minimum atomic E-state index is 0.147. The Hall–Kier alpha value is -3.12. The van der Waals surface area contributed by atoms with Crippen molar-refractivity contribution in [3.8, 4) is 11.4 Å². The van der Waals surface area contributed by atoms with E-state index in [1.54, 1.807) is 17.5 Å². The summed E-state index contributed by atoms with van der Waals surface area (Å²) in [6, 6.07) is 16.2. The van der Waals surface area contributed by atoms with Gasteiger partial charge in [-0.3, -0.25) is 9.78 Å². The van der Waals surface area contributed by atoms with E-state index >= 15 is 0 Å². The Morgan fingerprint density at radius 3 is 2.71 bits per heavy atom. The average molecular weight is 429 g/mol. The fourth-order valence-electron chi connectivity index (χ4n) is 4.16. The second kappa shape index (κ2) is 8.94. The first-order valence-electron chi connectivity index (χ1n) is 10.8. The van der Waals surface area contributed by atoms with Crippen molar-refractivity contribution >= 4 is 33.2 Å². The summed E-state index contributed by atoms with van der Waals surface area (Å²) >= 11 is 1.67. The number of rotatable bonds is 7. The van der Waals surface area contributed by atoms with Crippen LogP contribution in [0.1, 0.15) is 36.9 Å². The molecule has 31 heavy (non-hydrogen) atoms. The lowest BCUT2D eigenvalue weighted by molar-refractivity contribution is -0.117. The molecule has 5 nitrogen and oxygen atoms in total. The Morgan fingerprint density at radius 2 is 1.87 bits per heavy atom. The first kappa shape index (κ1) is 19.8. The minimum Gasteiger partial charge on any atom is -0.366 e. The molecule has 4 aromatic rings. The van der Waals surface area contributed by atoms with Gasteiger partial charge in [-0.25, -0.2) is 9.97 Å². The van der Waals surface area contributed by atoms with E-state index < -0.39 is 0 Å². The van der Waals surface area contributed by atoms with E-state index in [0.29, 0.717) is 24.7 Å². The molecule has 5 rings (SSSR count). The zero-order chi connectivity index (χ0) is 21.0. The molecular formula is C25H24N4OS. The molecule has 1 aromatic carbocycles. The number of aromatic nitrogens is 3. The molecule has 0 spiro atoms. The average Bonchev–Trinajstić information content (AvgIpc) is 3.46. The molecule has 3 aromatic heterocycles. The molecule has 1 aliphatic carbocycles. The van der Waals surface area contributed by atoms with Crippen LogP contribution in [0.5, 0.6) is 0 Å². The van der Waals surface area contributed by atoms with Crippen molar-refractivity contribution < 1.29 is 4.79 Å². The van der Waals surface area contributed by atoms with Crippen LogP contribution in [0.4, 0.5) is 5.82 Å². The van der Waals surface area contributed by atoms with Gasteiger partial charge in [0.25, 0.3) is 0 Å². The smallest absolute Gasteiger partial charge is 0.162 e. The zero-order valence-electron chi connectivity index (χ0n) is 17.3. The number of anilines is 1. The normalized spacial score (nSPS) is 14.2. The molecule has 0 unspecified atom stereocenters. The van der Waals surface area contributed by atoms with E-state index in [9.17, 15) is 4.79 Å². The van der Waals surface area contributed by atoms with Gasteiger partial charge in [-0.2, -0.15) is 0 Å². The number of hydrogen-bond acceptors (Lipinski definition) is 6. The quantitative estimate of drug-likeness (QED) is 0.423. The summed E-state index contributed by atoms with van der Waals surface area (Å²) in [5.74, 6) is 1.74. The van der Waals surface area contributed by atoms with E-state index in [4.69, 9.17) is 9.97 Å². The zero-order valence-corrected chi connectivity index (χ0v) is 18.1. The lowest BCUT2D eigenvalue weighted by Crippen LogP contribution is -2.16. The second-order valence-electron chi connectivity index (χ2n) is 8.07. The van der Waals surface area contributed by atoms with E-state index in [1.165, 1.54) is 25.7 Å². The fourth-order valence-corrected chi connectivity index (χ4v) is 4.94. The summed E-state index contributed by atoms with van der Waals surface area (Å²) in [6.07, 6.45) is 7.38. The monoisotopic (exact) mass is 428 g/mol. The van der Waals surface area contributed by atoms with Crippen molar-refractivity contribution in [2.24, 2.45) is 0 Å². The Labute approximate surface area is 185 Å². The maximum absolute atomic E-state index is 12.5. The number of hydrogen-bond donors (Lipinski definition) is 1. The molecule has 0 atom stereocenters. The van der Waals surface area contributed by atoms with Gasteiger partial charge in [0.1, 0.15) is 11.6 Å². The first-order chi connectivity index (χ1) is 15.2. The van der Waals surface area contributed by atoms with Crippen LogP contribution in [-0.4, -0.2) is 26.8 Å². The second-order valence-corrected chi connectivity index (χ2v) is 8.99. The van der Waals surface area contributed by atoms with E-state index in [1.807, 2.05) is 48.5 Å². The Balaban J connectivity index is 1.39. The summed E-state index contributed by atoms with van der Waals surface area (Å²) in [5, 5.41) is 5.70. The third-order valence-corrected chi connectivity index (χ3v) is 6.61. The van der Waals surface area contributed by atoms with Gasteiger partial charge in [-0.1, -0.05) is 43.2 Å². The van der Waals surface area contributed by atoms with E-state index in [-0.39, 0.29) is 5.78 Å². The van der Waals surface area contributed by atoms with Crippen LogP contribution < -0.4 is 5.32 Å². The molecule has 1 N–H and O–H groups in total. The van der Waals surface area contributed by atoms with Crippen molar-refractivity contribution in [2.75, 3.05) is 5.32 Å². The van der Waals surface area contributed by atoms with Crippen LogP contribution in [0.25, 0.3) is 21.6 Å². The topological polar surface area (TPSA) is 67.8 Å². The predicted molar refractivity (Wildman–Crippen MR) is 125 cm³/mol. The van der Waals surface area contributed by atoms with Gasteiger partial charge >= 0.3 is 0 Å². The van der Waals surface area contributed by atoms with Gasteiger partial charge in [0.2, 0.25) is 0 Å². The molecule has 6 heteroatoms. The number of Topliss-reactive ketones (excluding diaryl/α,β-unsaturated/α-hetero) is 1. The molecule has 1 aliphatic rings. The van der Waals surface area contributed by atoms with Crippen LogP contribution >= 0.6 is 11.3 Å². The number of nitrogens with one attached hydrogen (secondary N) is 1. The van der Waals surface area contributed by atoms with Gasteiger partial charge < -0.3 is 5.32 Å². The van der Waals surface area contributed by atoms with Crippen LogP contribution in [-0.2, 0) is 17.6 Å². The highest BCUT2D eigenvalue weighted by Gasteiger charge is 2.18. The SMILES string of the molecule is O=C(Cc1ccccc1)Cc1cc(-c2nc(NC3CCCC3)c3sccc3n2)ccn1. The molecule has 3 heterocycles. The molecule has 0 radical (unpaired) electrons. The maximum atomic E-state index is 12.5. The summed E-state index contributed by atoms with van der Waals surface area (Å²) in [4.78, 5) is 26.6. The van der Waals surface area contributed by atoms with E-state index in [0.717, 1.165) is 32.9 Å². The van der Waals surface area contributed by atoms with Crippen molar-refractivity contribution in [3.05, 3.63) is 71.4 Å². The van der Waals surface area contributed by atoms with Crippen LogP contribution in [0, 0.1) is 0 Å². The standard InChI is InChI=1S/C25H24N4OS/c30-21(14-17-6-2-1-3-7-17)16-20-15-18(10-12-26-20)24-28-22-11-13-31-23(22)25(29-24)27-19-8-4-5-9-19/h1-3,6-7,10-13,15,19H,4-5,8-9,14,16H2,(H,27,28,29). The number of pyridine rings is 1. The van der Waals surface area contributed by atoms with Crippen molar-refractivity contribution in [1.29, 1.82) is 0 Å². The summed E-state index contributed by atoms with van der Waals surface area (Å²) in [6.45, 7) is 0. The third-order valence-electron chi connectivity index (χ3n) is 5.70. The molecule has 1 fully saturated rings. The van der Waals surface area contributed by atoms with Crippen LogP contribution in [0.3, 0.4) is 0 Å². The Morgan fingerprint density at radius 1 is 1.03 bits per heavy atom. The number of carbonyl (C=O) groups excluding carboxylic acids is 1. The molecular weight excluding hydrogens is 404 g/mol. The summed E-state index contributed by atoms with van der Waals surface area (Å²) < 4.78 is 1.10. The van der Waals surface area contributed by atoms with Gasteiger partial charge in [0.05, 0.1) is 10.2 Å². The lowest BCUT2D eigenvalue weighted by atomic mass is 10.0. The maximum Gasteiger partial charge on any atom is 0.162 e. The molecule has 0 amide bonds. The van der Waals surface area contributed by atoms with Crippen molar-refractivity contribution in [2.45, 2.75) is 44.6 Å². The van der Waals surface area contributed by atoms with Crippen molar-refractivity contribution in [1.82, 2.24) is 15.0 Å². The summed E-state index contributed by atoms with van der Waals surface area (Å²) in [5.41, 5.74) is 3.62. The number of fused-ring (bicyclic) bond motifs is 1. The van der Waals surface area contributed by atoms with Crippen LogP contribution in [0.15, 0.2) is 60.1 Å². The highest BCUT2D eigenvalue weighted by atomic mass is 32.1. The van der Waals surface area contributed by atoms with Gasteiger partial charge in [-0.05, 0) is 42.0 Å². The Bertz CT molecular complexity index is 1200. The molecule has 0 aliphatic heterocycles. The number of benzene rings is 1. The number of thiophene rings is 1. The van der Waals surface area contributed by atoms with Crippen LogP contribution in [0.2, 0.25) is 0 Å². The molecule has 0 bridgehead atoms. The fraction of sp³-hybridized carbons (Fsp3) is 0.280. The lowest BCUT2D eigenvalue weighted by Gasteiger charge is -2.14.